The molecule has 0 aromatic carbocycles. The maximum Gasteiger partial charge on any atom is 0.303 e. The monoisotopic (exact) mass is 310 g/mol. The lowest BCUT2D eigenvalue weighted by atomic mass is 10.0. The van der Waals surface area contributed by atoms with Crippen LogP contribution in [0.25, 0.3) is 0 Å². The lowest BCUT2D eigenvalue weighted by molar-refractivity contribution is -0.137. The van der Waals surface area contributed by atoms with E-state index in [4.69, 9.17) is 5.11 Å². The molecule has 0 fully saturated rings. The molecule has 22 heavy (non-hydrogen) atoms. The van der Waals surface area contributed by atoms with Gasteiger partial charge in [0.1, 0.15) is 0 Å². The van der Waals surface area contributed by atoms with Crippen LogP contribution in [0.3, 0.4) is 0 Å². The maximum atomic E-state index is 10.3. The quantitative estimate of drug-likeness (QED) is 0.321. The molecule has 0 aliphatic heterocycles. The summed E-state index contributed by atoms with van der Waals surface area (Å²) in [5, 5.41) is 18.4. The van der Waals surface area contributed by atoms with E-state index in [9.17, 15) is 9.90 Å². The molecule has 0 aromatic heterocycles. The summed E-state index contributed by atoms with van der Waals surface area (Å²) in [5.41, 5.74) is 0. The van der Waals surface area contributed by atoms with Gasteiger partial charge in [0, 0.05) is 6.42 Å². The lowest BCUT2D eigenvalue weighted by Gasteiger charge is -2.07. The Kier molecular flexibility index (Phi) is 15.5. The largest absolute Gasteiger partial charge is 0.481 e. The molecule has 0 spiro atoms. The zero-order chi connectivity index (χ0) is 16.5. The average Bonchev–Trinajstić information content (AvgIpc) is 2.48. The minimum Gasteiger partial charge on any atom is -0.481 e. The van der Waals surface area contributed by atoms with Crippen molar-refractivity contribution in [3.05, 3.63) is 24.3 Å². The smallest absolute Gasteiger partial charge is 0.303 e. The molecule has 0 radical (unpaired) electrons. The number of unbranched alkanes of at least 4 members (excludes halogenated alkanes) is 6. The fraction of sp³-hybridized carbons (Fsp3) is 0.737. The van der Waals surface area contributed by atoms with Crippen molar-refractivity contribution in [2.75, 3.05) is 0 Å². The molecule has 0 aliphatic carbocycles. The number of hydrogen-bond acceptors (Lipinski definition) is 2. The van der Waals surface area contributed by atoms with Gasteiger partial charge in [0.15, 0.2) is 0 Å². The summed E-state index contributed by atoms with van der Waals surface area (Å²) in [6.45, 7) is 2.13. The van der Waals surface area contributed by atoms with Gasteiger partial charge in [-0.3, -0.25) is 4.79 Å². The maximum absolute atomic E-state index is 10.3. The Labute approximate surface area is 136 Å². The molecular weight excluding hydrogens is 276 g/mol. The first kappa shape index (κ1) is 20.9. The second kappa shape index (κ2) is 16.3. The van der Waals surface area contributed by atoms with Crippen LogP contribution in [0.1, 0.15) is 84.0 Å². The van der Waals surface area contributed by atoms with Gasteiger partial charge in [0.2, 0.25) is 0 Å². The van der Waals surface area contributed by atoms with Crippen LogP contribution in [0, 0.1) is 0 Å². The molecule has 0 aliphatic rings. The normalized spacial score (nSPS) is 13.2. The van der Waals surface area contributed by atoms with E-state index in [2.05, 4.69) is 31.2 Å². The summed E-state index contributed by atoms with van der Waals surface area (Å²) in [5.74, 6) is -0.690. The van der Waals surface area contributed by atoms with E-state index in [1.54, 1.807) is 0 Å². The van der Waals surface area contributed by atoms with Crippen molar-refractivity contribution in [1.29, 1.82) is 0 Å². The topological polar surface area (TPSA) is 57.5 Å². The van der Waals surface area contributed by atoms with Crippen molar-refractivity contribution in [2.24, 2.45) is 0 Å². The van der Waals surface area contributed by atoms with Gasteiger partial charge >= 0.3 is 5.97 Å². The molecular formula is C19H34O3. The van der Waals surface area contributed by atoms with Gasteiger partial charge in [-0.05, 0) is 32.1 Å². The molecule has 2 N–H and O–H groups in total. The molecule has 0 saturated heterocycles. The first-order chi connectivity index (χ1) is 10.7. The van der Waals surface area contributed by atoms with Crippen LogP contribution in [-0.4, -0.2) is 22.3 Å². The van der Waals surface area contributed by atoms with Gasteiger partial charge in [-0.15, -0.1) is 0 Å². The second-order valence-electron chi connectivity index (χ2n) is 5.88. The Hall–Kier alpha value is -1.09. The van der Waals surface area contributed by atoms with E-state index in [0.29, 0.717) is 6.42 Å². The Balaban J connectivity index is 3.29. The number of carbonyl (C=O) groups is 1. The molecule has 0 heterocycles. The predicted octanol–water partition coefficient (Wildman–Crippen LogP) is 5.25. The number of carboxylic acid groups (broad SMARTS) is 1. The number of aliphatic hydroxyl groups is 1. The fourth-order valence-electron chi connectivity index (χ4n) is 2.35. The van der Waals surface area contributed by atoms with E-state index >= 15 is 0 Å². The molecule has 0 amide bonds. The molecule has 1 unspecified atom stereocenters. The summed E-state index contributed by atoms with van der Waals surface area (Å²) in [6, 6.07) is 0. The summed E-state index contributed by atoms with van der Waals surface area (Å²) < 4.78 is 0. The Morgan fingerprint density at radius 3 is 2.14 bits per heavy atom. The van der Waals surface area contributed by atoms with Gasteiger partial charge in [-0.25, -0.2) is 0 Å². The SMILES string of the molecule is CCC=CCC=CCC(O)CCCCCCCCCC(=O)O. The van der Waals surface area contributed by atoms with Crippen molar-refractivity contribution in [1.82, 2.24) is 0 Å². The standard InChI is InChI=1S/C19H34O3/c1-2-3-4-5-9-12-15-18(20)16-13-10-7-6-8-11-14-17-19(21)22/h3-4,9,12,18,20H,2,5-8,10-11,13-17H2,1H3,(H,21,22). The van der Waals surface area contributed by atoms with Crippen LogP contribution < -0.4 is 0 Å². The zero-order valence-corrected chi connectivity index (χ0v) is 14.2. The Morgan fingerprint density at radius 1 is 0.909 bits per heavy atom. The molecule has 128 valence electrons. The minimum atomic E-state index is -0.690. The highest BCUT2D eigenvalue weighted by atomic mass is 16.4. The molecule has 3 heteroatoms. The van der Waals surface area contributed by atoms with Crippen molar-refractivity contribution in [2.45, 2.75) is 90.1 Å². The number of rotatable bonds is 15. The van der Waals surface area contributed by atoms with Gasteiger partial charge in [0.05, 0.1) is 6.10 Å². The third kappa shape index (κ3) is 17.0. The van der Waals surface area contributed by atoms with Crippen molar-refractivity contribution < 1.29 is 15.0 Å². The third-order valence-electron chi connectivity index (χ3n) is 3.68. The molecule has 0 saturated carbocycles. The first-order valence-corrected chi connectivity index (χ1v) is 8.86. The van der Waals surface area contributed by atoms with Crippen LogP contribution in [0.4, 0.5) is 0 Å². The average molecular weight is 310 g/mol. The number of aliphatic hydroxyl groups excluding tert-OH is 1. The fourth-order valence-corrected chi connectivity index (χ4v) is 2.35. The van der Waals surface area contributed by atoms with Gasteiger partial charge in [0.25, 0.3) is 0 Å². The van der Waals surface area contributed by atoms with Crippen molar-refractivity contribution >= 4 is 5.97 Å². The number of aliphatic carboxylic acids is 1. The lowest BCUT2D eigenvalue weighted by Crippen LogP contribution is -2.04. The van der Waals surface area contributed by atoms with E-state index in [0.717, 1.165) is 51.4 Å². The highest BCUT2D eigenvalue weighted by molar-refractivity contribution is 5.66. The molecule has 1 atom stereocenters. The highest BCUT2D eigenvalue weighted by Gasteiger charge is 2.01. The Morgan fingerprint density at radius 2 is 1.50 bits per heavy atom. The number of allylic oxidation sites excluding steroid dienone is 3. The van der Waals surface area contributed by atoms with E-state index in [1.165, 1.54) is 19.3 Å². The van der Waals surface area contributed by atoms with Crippen LogP contribution in [0.15, 0.2) is 24.3 Å². The summed E-state index contributed by atoms with van der Waals surface area (Å²) in [4.78, 5) is 10.3. The number of hydrogen-bond donors (Lipinski definition) is 2. The summed E-state index contributed by atoms with van der Waals surface area (Å²) in [7, 11) is 0. The zero-order valence-electron chi connectivity index (χ0n) is 14.2. The predicted molar refractivity (Wildman–Crippen MR) is 93.0 cm³/mol. The van der Waals surface area contributed by atoms with Gasteiger partial charge < -0.3 is 10.2 Å². The van der Waals surface area contributed by atoms with Crippen LogP contribution in [0.5, 0.6) is 0 Å². The number of carboxylic acids is 1. The molecule has 3 nitrogen and oxygen atoms in total. The highest BCUT2D eigenvalue weighted by Crippen LogP contribution is 2.12. The molecule has 0 aromatic rings. The van der Waals surface area contributed by atoms with Crippen LogP contribution in [-0.2, 0) is 4.79 Å². The van der Waals surface area contributed by atoms with E-state index in [-0.39, 0.29) is 6.10 Å². The van der Waals surface area contributed by atoms with Crippen molar-refractivity contribution in [3.8, 4) is 0 Å². The van der Waals surface area contributed by atoms with Crippen LogP contribution in [0.2, 0.25) is 0 Å². The summed E-state index contributed by atoms with van der Waals surface area (Å²) in [6.07, 6.45) is 19.8. The minimum absolute atomic E-state index is 0.207. The van der Waals surface area contributed by atoms with E-state index < -0.39 is 5.97 Å². The van der Waals surface area contributed by atoms with E-state index in [1.807, 2.05) is 0 Å². The summed E-state index contributed by atoms with van der Waals surface area (Å²) >= 11 is 0. The van der Waals surface area contributed by atoms with Gasteiger partial charge in [-0.2, -0.15) is 0 Å². The Bertz CT molecular complexity index is 308. The molecule has 0 bridgehead atoms. The molecule has 0 rings (SSSR count). The third-order valence-corrected chi connectivity index (χ3v) is 3.68. The van der Waals surface area contributed by atoms with Crippen molar-refractivity contribution in [3.63, 3.8) is 0 Å². The van der Waals surface area contributed by atoms with Crippen LogP contribution >= 0.6 is 0 Å². The van der Waals surface area contributed by atoms with Gasteiger partial charge in [-0.1, -0.05) is 69.8 Å². The first-order valence-electron chi connectivity index (χ1n) is 8.86. The second-order valence-corrected chi connectivity index (χ2v) is 5.88.